The Hall–Kier alpha value is -0.550. The number of nitrogens with zero attached hydrogens (tertiary/aromatic N) is 3. The SMILES string of the molecule is CN(c1nc2sccn2c1CBr)C1CCCCCC1. The average molecular weight is 342 g/mol. The molecule has 3 rings (SSSR count). The molecule has 5 heteroatoms. The fraction of sp³-hybridized carbons (Fsp3) is 0.643. The van der Waals surface area contributed by atoms with Gasteiger partial charge in [0, 0.05) is 30.0 Å². The molecule has 0 N–H and O–H groups in total. The zero-order valence-corrected chi connectivity index (χ0v) is 13.7. The van der Waals surface area contributed by atoms with Crippen LogP contribution in [0.1, 0.15) is 44.2 Å². The van der Waals surface area contributed by atoms with Gasteiger partial charge in [-0.25, -0.2) is 4.98 Å². The highest BCUT2D eigenvalue weighted by Crippen LogP contribution is 2.30. The monoisotopic (exact) mass is 341 g/mol. The predicted octanol–water partition coefficient (Wildman–Crippen LogP) is 4.45. The number of rotatable bonds is 3. The second-order valence-electron chi connectivity index (χ2n) is 5.33. The maximum absolute atomic E-state index is 4.83. The number of imidazole rings is 1. The second kappa shape index (κ2) is 5.83. The summed E-state index contributed by atoms with van der Waals surface area (Å²) in [7, 11) is 2.22. The molecule has 19 heavy (non-hydrogen) atoms. The molecule has 1 fully saturated rings. The summed E-state index contributed by atoms with van der Waals surface area (Å²) >= 11 is 5.33. The van der Waals surface area contributed by atoms with Gasteiger partial charge in [-0.3, -0.25) is 4.40 Å². The van der Waals surface area contributed by atoms with Crippen molar-refractivity contribution in [1.29, 1.82) is 0 Å². The van der Waals surface area contributed by atoms with Crippen LogP contribution in [0.2, 0.25) is 0 Å². The summed E-state index contributed by atoms with van der Waals surface area (Å²) in [6, 6.07) is 0.657. The molecule has 3 nitrogen and oxygen atoms in total. The minimum atomic E-state index is 0.657. The van der Waals surface area contributed by atoms with Gasteiger partial charge in [-0.1, -0.05) is 41.6 Å². The molecule has 2 heterocycles. The van der Waals surface area contributed by atoms with Crippen molar-refractivity contribution in [2.45, 2.75) is 49.9 Å². The van der Waals surface area contributed by atoms with Crippen molar-refractivity contribution in [1.82, 2.24) is 9.38 Å². The topological polar surface area (TPSA) is 20.5 Å². The first kappa shape index (κ1) is 13.4. The molecule has 0 bridgehead atoms. The maximum atomic E-state index is 4.83. The van der Waals surface area contributed by atoms with E-state index in [1.54, 1.807) is 11.3 Å². The highest BCUT2D eigenvalue weighted by molar-refractivity contribution is 9.08. The Morgan fingerprint density at radius 2 is 2.11 bits per heavy atom. The highest BCUT2D eigenvalue weighted by atomic mass is 79.9. The fourth-order valence-electron chi connectivity index (χ4n) is 3.05. The smallest absolute Gasteiger partial charge is 0.195 e. The molecule has 0 radical (unpaired) electrons. The quantitative estimate of drug-likeness (QED) is 0.607. The van der Waals surface area contributed by atoms with Gasteiger partial charge in [-0.2, -0.15) is 0 Å². The van der Waals surface area contributed by atoms with Crippen LogP contribution in [0.3, 0.4) is 0 Å². The van der Waals surface area contributed by atoms with Crippen molar-refractivity contribution in [3.63, 3.8) is 0 Å². The lowest BCUT2D eigenvalue weighted by molar-refractivity contribution is 0.549. The van der Waals surface area contributed by atoms with Crippen LogP contribution in [-0.2, 0) is 5.33 Å². The van der Waals surface area contributed by atoms with E-state index < -0.39 is 0 Å². The summed E-state index contributed by atoms with van der Waals surface area (Å²) < 4.78 is 2.21. The molecule has 104 valence electrons. The van der Waals surface area contributed by atoms with Gasteiger partial charge in [0.05, 0.1) is 5.69 Å². The summed E-state index contributed by atoms with van der Waals surface area (Å²) in [6.07, 6.45) is 10.3. The first-order chi connectivity index (χ1) is 9.31. The Morgan fingerprint density at radius 1 is 1.37 bits per heavy atom. The van der Waals surface area contributed by atoms with Crippen molar-refractivity contribution in [3.05, 3.63) is 17.3 Å². The molecule has 0 unspecified atom stereocenters. The molecule has 2 aromatic rings. The van der Waals surface area contributed by atoms with E-state index in [1.807, 2.05) is 0 Å². The molecule has 0 spiro atoms. The van der Waals surface area contributed by atoms with Crippen LogP contribution in [0.4, 0.5) is 5.82 Å². The number of thiazole rings is 1. The van der Waals surface area contributed by atoms with E-state index in [9.17, 15) is 0 Å². The van der Waals surface area contributed by atoms with E-state index in [4.69, 9.17) is 4.98 Å². The molecule has 1 aliphatic carbocycles. The molecule has 1 aliphatic rings. The zero-order chi connectivity index (χ0) is 13.2. The van der Waals surface area contributed by atoms with Crippen LogP contribution >= 0.6 is 27.3 Å². The van der Waals surface area contributed by atoms with Gasteiger partial charge in [0.2, 0.25) is 0 Å². The van der Waals surface area contributed by atoms with E-state index >= 15 is 0 Å². The first-order valence-electron chi connectivity index (χ1n) is 7.04. The Labute approximate surface area is 126 Å². The summed E-state index contributed by atoms with van der Waals surface area (Å²) in [5.41, 5.74) is 1.28. The second-order valence-corrected chi connectivity index (χ2v) is 6.76. The van der Waals surface area contributed by atoms with Gasteiger partial charge >= 0.3 is 0 Å². The average Bonchev–Trinajstić information content (AvgIpc) is 2.88. The minimum Gasteiger partial charge on any atom is -0.355 e. The lowest BCUT2D eigenvalue weighted by atomic mass is 10.1. The Balaban J connectivity index is 1.91. The summed E-state index contributed by atoms with van der Waals surface area (Å²) in [5, 5.41) is 2.96. The van der Waals surface area contributed by atoms with E-state index in [0.29, 0.717) is 6.04 Å². The predicted molar refractivity (Wildman–Crippen MR) is 85.6 cm³/mol. The van der Waals surface area contributed by atoms with Gasteiger partial charge in [0.1, 0.15) is 0 Å². The molecular formula is C14H20BrN3S. The molecule has 0 atom stereocenters. The van der Waals surface area contributed by atoms with E-state index in [-0.39, 0.29) is 0 Å². The Kier molecular flexibility index (Phi) is 4.12. The normalized spacial score (nSPS) is 17.8. The maximum Gasteiger partial charge on any atom is 0.195 e. The van der Waals surface area contributed by atoms with Crippen molar-refractivity contribution < 1.29 is 0 Å². The van der Waals surface area contributed by atoms with E-state index in [0.717, 1.165) is 16.1 Å². The van der Waals surface area contributed by atoms with Crippen molar-refractivity contribution >= 4 is 38.0 Å². The lowest BCUT2D eigenvalue weighted by Gasteiger charge is -2.28. The minimum absolute atomic E-state index is 0.657. The number of halogens is 1. The van der Waals surface area contributed by atoms with Gasteiger partial charge in [-0.15, -0.1) is 11.3 Å². The number of hydrogen-bond donors (Lipinski definition) is 0. The number of alkyl halides is 1. The van der Waals surface area contributed by atoms with Crippen molar-refractivity contribution in [2.75, 3.05) is 11.9 Å². The Morgan fingerprint density at radius 3 is 2.79 bits per heavy atom. The number of aromatic nitrogens is 2. The number of anilines is 1. The molecule has 0 amide bonds. The molecular weight excluding hydrogens is 322 g/mol. The third kappa shape index (κ3) is 2.55. The lowest BCUT2D eigenvalue weighted by Crippen LogP contribution is -2.32. The van der Waals surface area contributed by atoms with Crippen LogP contribution in [0.5, 0.6) is 0 Å². The van der Waals surface area contributed by atoms with E-state index in [1.165, 1.54) is 44.2 Å². The molecule has 1 saturated carbocycles. The standard InChI is InChI=1S/C14H20BrN3S/c1-17(11-6-4-2-3-5-7-11)13-12(10-15)18-8-9-19-14(18)16-13/h8-9,11H,2-7,10H2,1H3. The van der Waals surface area contributed by atoms with Crippen LogP contribution in [0.25, 0.3) is 4.96 Å². The number of hydrogen-bond acceptors (Lipinski definition) is 3. The van der Waals surface area contributed by atoms with Crippen LogP contribution in [0.15, 0.2) is 11.6 Å². The largest absolute Gasteiger partial charge is 0.355 e. The van der Waals surface area contributed by atoms with Gasteiger partial charge in [-0.05, 0) is 12.8 Å². The van der Waals surface area contributed by atoms with Crippen LogP contribution in [0, 0.1) is 0 Å². The zero-order valence-electron chi connectivity index (χ0n) is 11.3. The van der Waals surface area contributed by atoms with Gasteiger partial charge in [0.15, 0.2) is 10.8 Å². The van der Waals surface area contributed by atoms with Crippen molar-refractivity contribution in [3.8, 4) is 0 Å². The van der Waals surface area contributed by atoms with Crippen molar-refractivity contribution in [2.24, 2.45) is 0 Å². The number of fused-ring (bicyclic) bond motifs is 1. The fourth-order valence-corrected chi connectivity index (χ4v) is 4.29. The van der Waals surface area contributed by atoms with Crippen LogP contribution in [-0.4, -0.2) is 22.5 Å². The highest BCUT2D eigenvalue weighted by Gasteiger charge is 2.22. The summed E-state index contributed by atoms with van der Waals surface area (Å²) in [5.74, 6) is 1.16. The van der Waals surface area contributed by atoms with E-state index in [2.05, 4.69) is 43.9 Å². The first-order valence-corrected chi connectivity index (χ1v) is 9.04. The molecule has 0 aromatic carbocycles. The van der Waals surface area contributed by atoms with Crippen LogP contribution < -0.4 is 4.90 Å². The summed E-state index contributed by atoms with van der Waals surface area (Å²) in [4.78, 5) is 8.35. The van der Waals surface area contributed by atoms with Gasteiger partial charge in [0.25, 0.3) is 0 Å². The molecule has 2 aromatic heterocycles. The third-order valence-electron chi connectivity index (χ3n) is 4.17. The molecule has 0 saturated heterocycles. The van der Waals surface area contributed by atoms with Gasteiger partial charge < -0.3 is 4.90 Å². The Bertz CT molecular complexity index is 540. The third-order valence-corrected chi connectivity index (χ3v) is 5.46. The summed E-state index contributed by atoms with van der Waals surface area (Å²) in [6.45, 7) is 0. The molecule has 0 aliphatic heterocycles.